The molecule has 57 heavy (non-hydrogen) atoms. The molecule has 9 rings (SSSR count). The van der Waals surface area contributed by atoms with E-state index in [0.717, 1.165) is 32.2 Å². The van der Waals surface area contributed by atoms with Crippen LogP contribution < -0.4 is 4.90 Å². The smallest absolute Gasteiger partial charge is 0.210 e. The zero-order valence-corrected chi connectivity index (χ0v) is 33.7. The van der Waals surface area contributed by atoms with Crippen LogP contribution in [0.1, 0.15) is 60.9 Å². The van der Waals surface area contributed by atoms with E-state index in [1.165, 1.54) is 85.0 Å². The molecule has 7 aromatic rings. The average Bonchev–Trinajstić information content (AvgIpc) is 3.62. The maximum atomic E-state index is 2.66. The Morgan fingerprint density at radius 1 is 0.579 bits per heavy atom. The van der Waals surface area contributed by atoms with Crippen LogP contribution in [0.15, 0.2) is 188 Å². The summed E-state index contributed by atoms with van der Waals surface area (Å²) in [5, 5.41) is 5.25. The summed E-state index contributed by atoms with van der Waals surface area (Å²) in [5.74, 6) is 0. The van der Waals surface area contributed by atoms with Crippen molar-refractivity contribution in [3.63, 3.8) is 0 Å². The molecule has 0 spiro atoms. The van der Waals surface area contributed by atoms with Crippen LogP contribution in [0.5, 0.6) is 0 Å². The normalized spacial score (nSPS) is 17.9. The van der Waals surface area contributed by atoms with Gasteiger partial charge in [0.1, 0.15) is 6.54 Å². The number of hydrogen-bond acceptors (Lipinski definition) is 1. The molecule has 0 radical (unpaired) electrons. The number of nitrogens with zero attached hydrogens (tertiary/aromatic N) is 2. The molecule has 2 nitrogen and oxygen atoms in total. The van der Waals surface area contributed by atoms with E-state index in [-0.39, 0.29) is 10.8 Å². The molecular formula is C55H53N2+. The van der Waals surface area contributed by atoms with E-state index >= 15 is 0 Å². The number of unbranched alkanes of at least 4 members (excludes halogenated alkanes) is 2. The van der Waals surface area contributed by atoms with Gasteiger partial charge >= 0.3 is 0 Å². The second kappa shape index (κ2) is 15.5. The molecule has 2 heteroatoms. The molecule has 0 saturated heterocycles. The summed E-state index contributed by atoms with van der Waals surface area (Å²) < 4.78 is 2.66. The van der Waals surface area contributed by atoms with Crippen molar-refractivity contribution < 1.29 is 4.58 Å². The zero-order chi connectivity index (χ0) is 38.8. The SMILES string of the molecule is CCCCC[N+]1=C(C=CC=C2N(C)c3c(ccc4ccccc34)C2(Cc2ccccc2)Cc2ccccc2)C(C)(Cc2ccccc2)c2c1ccc1ccccc21. The van der Waals surface area contributed by atoms with E-state index in [9.17, 15) is 0 Å². The molecule has 2 aliphatic rings. The lowest BCUT2D eigenvalue weighted by Gasteiger charge is -2.33. The molecule has 2 heterocycles. The lowest BCUT2D eigenvalue weighted by molar-refractivity contribution is -0.438. The number of anilines is 1. The number of rotatable bonds is 12. The first kappa shape index (κ1) is 36.6. The first-order chi connectivity index (χ1) is 28.0. The maximum Gasteiger partial charge on any atom is 0.210 e. The van der Waals surface area contributed by atoms with Crippen LogP contribution in [0.4, 0.5) is 11.4 Å². The lowest BCUT2D eigenvalue weighted by atomic mass is 9.70. The van der Waals surface area contributed by atoms with Crippen molar-refractivity contribution in [2.75, 3.05) is 18.5 Å². The van der Waals surface area contributed by atoms with E-state index in [2.05, 4.69) is 212 Å². The highest BCUT2D eigenvalue weighted by atomic mass is 15.2. The molecule has 282 valence electrons. The lowest BCUT2D eigenvalue weighted by Crippen LogP contribution is -2.35. The van der Waals surface area contributed by atoms with Gasteiger partial charge in [-0.1, -0.05) is 171 Å². The highest BCUT2D eigenvalue weighted by molar-refractivity contribution is 6.08. The predicted molar refractivity (Wildman–Crippen MR) is 242 cm³/mol. The van der Waals surface area contributed by atoms with Crippen molar-refractivity contribution in [2.45, 2.75) is 63.2 Å². The number of allylic oxidation sites excluding steroid dienone is 4. The van der Waals surface area contributed by atoms with E-state index in [1.807, 2.05) is 0 Å². The van der Waals surface area contributed by atoms with E-state index in [1.54, 1.807) is 0 Å². The number of likely N-dealkylation sites (N-methyl/N-ethyl adjacent to an activating group) is 1. The Morgan fingerprint density at radius 3 is 1.75 bits per heavy atom. The first-order valence-corrected chi connectivity index (χ1v) is 20.9. The predicted octanol–water partition coefficient (Wildman–Crippen LogP) is 13.1. The fraction of sp³-hybridized carbons (Fsp3) is 0.218. The van der Waals surface area contributed by atoms with Crippen molar-refractivity contribution in [1.82, 2.24) is 0 Å². The third-order valence-corrected chi connectivity index (χ3v) is 12.8. The molecule has 0 fully saturated rings. The minimum absolute atomic E-state index is 0.231. The van der Waals surface area contributed by atoms with Crippen LogP contribution in [0, 0.1) is 0 Å². The van der Waals surface area contributed by atoms with Crippen LogP contribution in [0.2, 0.25) is 0 Å². The summed E-state index contributed by atoms with van der Waals surface area (Å²) in [6.45, 7) is 5.80. The van der Waals surface area contributed by atoms with Crippen molar-refractivity contribution in [3.8, 4) is 0 Å². The standard InChI is InChI=1S/C55H53N2/c1-4-5-19-37-57-49-36-34-44-27-15-17-29-46(44)52(49)54(2,38-41-21-9-6-10-22-41)50(57)31-20-32-51-55(39-42-23-11-7-12-24-42,40-43-25-13-8-14-26-43)48-35-33-45-28-16-18-30-47(45)53(48)56(51)3/h6-18,20-36H,4-5,19,37-40H2,1-3H3/q+1. The Labute approximate surface area is 339 Å². The summed E-state index contributed by atoms with van der Waals surface area (Å²) in [5.41, 5.74) is 11.8. The third-order valence-electron chi connectivity index (χ3n) is 12.8. The summed E-state index contributed by atoms with van der Waals surface area (Å²) >= 11 is 0. The van der Waals surface area contributed by atoms with Gasteiger partial charge in [0, 0.05) is 47.7 Å². The molecule has 0 aromatic heterocycles. The molecule has 1 atom stereocenters. The monoisotopic (exact) mass is 741 g/mol. The van der Waals surface area contributed by atoms with E-state index in [0.29, 0.717) is 0 Å². The summed E-state index contributed by atoms with van der Waals surface area (Å²) in [4.78, 5) is 2.51. The van der Waals surface area contributed by atoms with Crippen LogP contribution in [0.25, 0.3) is 21.5 Å². The van der Waals surface area contributed by atoms with Crippen molar-refractivity contribution in [2.24, 2.45) is 0 Å². The molecular weight excluding hydrogens is 689 g/mol. The van der Waals surface area contributed by atoms with Gasteiger partial charge in [-0.25, -0.2) is 0 Å². The highest BCUT2D eigenvalue weighted by Crippen LogP contribution is 2.54. The van der Waals surface area contributed by atoms with E-state index in [4.69, 9.17) is 0 Å². The van der Waals surface area contributed by atoms with Crippen molar-refractivity contribution in [3.05, 3.63) is 216 Å². The van der Waals surface area contributed by atoms with Gasteiger partial charge in [-0.15, -0.1) is 0 Å². The number of hydrogen-bond donors (Lipinski definition) is 0. The largest absolute Gasteiger partial charge is 0.347 e. The van der Waals surface area contributed by atoms with Gasteiger partial charge < -0.3 is 4.90 Å². The number of fused-ring (bicyclic) bond motifs is 6. The van der Waals surface area contributed by atoms with E-state index < -0.39 is 0 Å². The van der Waals surface area contributed by atoms with Gasteiger partial charge in [-0.3, -0.25) is 0 Å². The molecule has 1 unspecified atom stereocenters. The average molecular weight is 742 g/mol. The van der Waals surface area contributed by atoms with Crippen molar-refractivity contribution in [1.29, 1.82) is 0 Å². The molecule has 0 saturated carbocycles. The molecule has 0 N–H and O–H groups in total. The highest BCUT2D eigenvalue weighted by Gasteiger charge is 2.49. The molecule has 7 aromatic carbocycles. The Kier molecular flexibility index (Phi) is 9.97. The first-order valence-electron chi connectivity index (χ1n) is 20.9. The van der Waals surface area contributed by atoms with Gasteiger partial charge in [-0.2, -0.15) is 4.58 Å². The van der Waals surface area contributed by atoms with Crippen LogP contribution >= 0.6 is 0 Å². The molecule has 0 bridgehead atoms. The van der Waals surface area contributed by atoms with Gasteiger partial charge in [-0.05, 0) is 83.2 Å². The van der Waals surface area contributed by atoms with Crippen LogP contribution in [-0.4, -0.2) is 23.9 Å². The minimum Gasteiger partial charge on any atom is -0.347 e. The topological polar surface area (TPSA) is 6.25 Å². The molecule has 2 aliphatic heterocycles. The Balaban J connectivity index is 1.25. The maximum absolute atomic E-state index is 2.66. The van der Waals surface area contributed by atoms with Gasteiger partial charge in [0.05, 0.1) is 11.1 Å². The Morgan fingerprint density at radius 2 is 1.12 bits per heavy atom. The molecule has 0 aliphatic carbocycles. The minimum atomic E-state index is -0.283. The quantitative estimate of drug-likeness (QED) is 0.0893. The summed E-state index contributed by atoms with van der Waals surface area (Å²) in [7, 11) is 2.30. The van der Waals surface area contributed by atoms with Crippen molar-refractivity contribution >= 4 is 38.6 Å². The van der Waals surface area contributed by atoms with Gasteiger partial charge in [0.25, 0.3) is 0 Å². The fourth-order valence-electron chi connectivity index (χ4n) is 10.2. The Hall–Kier alpha value is -5.99. The zero-order valence-electron chi connectivity index (χ0n) is 33.7. The second-order valence-corrected chi connectivity index (χ2v) is 16.5. The second-order valence-electron chi connectivity index (χ2n) is 16.5. The van der Waals surface area contributed by atoms with Gasteiger partial charge in [0.2, 0.25) is 5.69 Å². The molecule has 0 amide bonds. The number of benzene rings is 7. The summed E-state index contributed by atoms with van der Waals surface area (Å²) in [6, 6.07) is 60.7. The third kappa shape index (κ3) is 6.61. The fourth-order valence-corrected chi connectivity index (χ4v) is 10.2. The van der Waals surface area contributed by atoms with Crippen LogP contribution in [0.3, 0.4) is 0 Å². The van der Waals surface area contributed by atoms with Gasteiger partial charge in [0.15, 0.2) is 5.71 Å². The summed E-state index contributed by atoms with van der Waals surface area (Å²) in [6.07, 6.45) is 13.6. The van der Waals surface area contributed by atoms with Crippen LogP contribution in [-0.2, 0) is 30.1 Å². The Bertz CT molecular complexity index is 2590.